The summed E-state index contributed by atoms with van der Waals surface area (Å²) in [5, 5.41) is 0.609. The van der Waals surface area contributed by atoms with Crippen LogP contribution in [0.15, 0.2) is 12.1 Å². The van der Waals surface area contributed by atoms with Gasteiger partial charge in [0.2, 0.25) is 5.91 Å². The molecule has 0 saturated heterocycles. The SMILES string of the molecule is COc1ccc(CC(N)=O)c(Cl)c1Cl. The third kappa shape index (κ3) is 2.30. The van der Waals surface area contributed by atoms with Crippen molar-refractivity contribution in [3.63, 3.8) is 0 Å². The minimum Gasteiger partial charge on any atom is -0.495 e. The number of amides is 1. The lowest BCUT2D eigenvalue weighted by Gasteiger charge is -2.07. The van der Waals surface area contributed by atoms with Crippen LogP contribution in [0.25, 0.3) is 0 Å². The molecular formula is C9H9Cl2NO2. The first kappa shape index (κ1) is 11.1. The highest BCUT2D eigenvalue weighted by Gasteiger charge is 2.11. The van der Waals surface area contributed by atoms with Crippen molar-refractivity contribution < 1.29 is 9.53 Å². The van der Waals surface area contributed by atoms with E-state index in [9.17, 15) is 4.79 Å². The Balaban J connectivity index is 3.10. The van der Waals surface area contributed by atoms with Gasteiger partial charge in [-0.25, -0.2) is 0 Å². The van der Waals surface area contributed by atoms with Crippen LogP contribution in [0.4, 0.5) is 0 Å². The van der Waals surface area contributed by atoms with Gasteiger partial charge in [0.25, 0.3) is 0 Å². The average molecular weight is 234 g/mol. The number of nitrogens with two attached hydrogens (primary N) is 1. The maximum absolute atomic E-state index is 10.7. The number of hydrogen-bond donors (Lipinski definition) is 1. The van der Waals surface area contributed by atoms with Gasteiger partial charge in [-0.3, -0.25) is 4.79 Å². The van der Waals surface area contributed by atoms with Gasteiger partial charge in [-0.1, -0.05) is 29.3 Å². The van der Waals surface area contributed by atoms with E-state index in [4.69, 9.17) is 33.7 Å². The van der Waals surface area contributed by atoms with Gasteiger partial charge in [-0.05, 0) is 11.6 Å². The minimum atomic E-state index is -0.451. The smallest absolute Gasteiger partial charge is 0.221 e. The number of carbonyl (C=O) groups is 1. The van der Waals surface area contributed by atoms with E-state index in [1.54, 1.807) is 12.1 Å². The number of halogens is 2. The number of benzene rings is 1. The van der Waals surface area contributed by atoms with E-state index in [0.29, 0.717) is 21.4 Å². The van der Waals surface area contributed by atoms with E-state index in [1.807, 2.05) is 0 Å². The first-order valence-corrected chi connectivity index (χ1v) is 4.61. The fourth-order valence-corrected chi connectivity index (χ4v) is 1.54. The molecule has 0 heterocycles. The maximum atomic E-state index is 10.7. The highest BCUT2D eigenvalue weighted by atomic mass is 35.5. The average Bonchev–Trinajstić information content (AvgIpc) is 2.13. The molecule has 0 aliphatic rings. The van der Waals surface area contributed by atoms with Crippen molar-refractivity contribution in [3.8, 4) is 5.75 Å². The van der Waals surface area contributed by atoms with E-state index >= 15 is 0 Å². The Morgan fingerprint density at radius 3 is 2.57 bits per heavy atom. The predicted octanol–water partition coefficient (Wildman–Crippen LogP) is 2.03. The summed E-state index contributed by atoms with van der Waals surface area (Å²) in [6, 6.07) is 3.31. The molecule has 76 valence electrons. The predicted molar refractivity (Wildman–Crippen MR) is 55.9 cm³/mol. The summed E-state index contributed by atoms with van der Waals surface area (Å²) in [5.74, 6) is 0.0259. The van der Waals surface area contributed by atoms with Gasteiger partial charge in [-0.2, -0.15) is 0 Å². The molecule has 1 rings (SSSR count). The van der Waals surface area contributed by atoms with E-state index in [2.05, 4.69) is 0 Å². The van der Waals surface area contributed by atoms with Crippen molar-refractivity contribution in [2.45, 2.75) is 6.42 Å². The standard InChI is InChI=1S/C9H9Cl2NO2/c1-14-6-3-2-5(4-7(12)13)8(10)9(6)11/h2-3H,4H2,1H3,(H2,12,13). The topological polar surface area (TPSA) is 52.3 Å². The van der Waals surface area contributed by atoms with E-state index in [-0.39, 0.29) is 6.42 Å². The van der Waals surface area contributed by atoms with Gasteiger partial charge in [0.1, 0.15) is 10.8 Å². The molecule has 2 N–H and O–H groups in total. The molecule has 0 aliphatic carbocycles. The Hall–Kier alpha value is -0.930. The molecule has 0 aliphatic heterocycles. The van der Waals surface area contributed by atoms with Crippen molar-refractivity contribution in [1.29, 1.82) is 0 Å². The Labute approximate surface area is 91.7 Å². The van der Waals surface area contributed by atoms with E-state index < -0.39 is 5.91 Å². The van der Waals surface area contributed by atoms with Crippen LogP contribution in [-0.2, 0) is 11.2 Å². The number of primary amides is 1. The Bertz CT molecular complexity index is 366. The normalized spacial score (nSPS) is 9.93. The summed E-state index contributed by atoms with van der Waals surface area (Å²) < 4.78 is 4.95. The summed E-state index contributed by atoms with van der Waals surface area (Å²) in [4.78, 5) is 10.7. The fourth-order valence-electron chi connectivity index (χ4n) is 1.05. The summed E-state index contributed by atoms with van der Waals surface area (Å²) in [6.07, 6.45) is 0.0720. The molecule has 1 aromatic rings. The largest absolute Gasteiger partial charge is 0.495 e. The molecule has 5 heteroatoms. The van der Waals surface area contributed by atoms with Crippen LogP contribution >= 0.6 is 23.2 Å². The molecule has 1 aromatic carbocycles. The van der Waals surface area contributed by atoms with Gasteiger partial charge < -0.3 is 10.5 Å². The highest BCUT2D eigenvalue weighted by molar-refractivity contribution is 6.43. The van der Waals surface area contributed by atoms with Crippen molar-refractivity contribution >= 4 is 29.1 Å². The van der Waals surface area contributed by atoms with Crippen LogP contribution in [0.1, 0.15) is 5.56 Å². The summed E-state index contributed by atoms with van der Waals surface area (Å²) >= 11 is 11.8. The first-order chi connectivity index (χ1) is 6.56. The fraction of sp³-hybridized carbons (Fsp3) is 0.222. The zero-order valence-electron chi connectivity index (χ0n) is 7.51. The molecule has 0 atom stereocenters. The molecular weight excluding hydrogens is 225 g/mol. The van der Waals surface area contributed by atoms with Crippen LogP contribution in [-0.4, -0.2) is 13.0 Å². The molecule has 0 spiro atoms. The second kappa shape index (κ2) is 4.53. The Kier molecular flexibility index (Phi) is 3.61. The second-order valence-electron chi connectivity index (χ2n) is 2.70. The van der Waals surface area contributed by atoms with E-state index in [1.165, 1.54) is 7.11 Å². The second-order valence-corrected chi connectivity index (χ2v) is 3.45. The highest BCUT2D eigenvalue weighted by Crippen LogP contribution is 2.34. The van der Waals surface area contributed by atoms with Crippen LogP contribution in [0, 0.1) is 0 Å². The third-order valence-corrected chi connectivity index (χ3v) is 2.62. The lowest BCUT2D eigenvalue weighted by Crippen LogP contribution is -2.13. The molecule has 0 bridgehead atoms. The number of hydrogen-bond acceptors (Lipinski definition) is 2. The van der Waals surface area contributed by atoms with Gasteiger partial charge >= 0.3 is 0 Å². The third-order valence-electron chi connectivity index (χ3n) is 1.71. The Morgan fingerprint density at radius 2 is 2.07 bits per heavy atom. The van der Waals surface area contributed by atoms with E-state index in [0.717, 1.165) is 0 Å². The molecule has 1 amide bonds. The minimum absolute atomic E-state index is 0.0720. The van der Waals surface area contributed by atoms with Crippen LogP contribution in [0.5, 0.6) is 5.75 Å². The van der Waals surface area contributed by atoms with Gasteiger partial charge in [0, 0.05) is 0 Å². The van der Waals surface area contributed by atoms with Crippen molar-refractivity contribution in [1.82, 2.24) is 0 Å². The lowest BCUT2D eigenvalue weighted by molar-refractivity contribution is -0.117. The number of methoxy groups -OCH3 is 1. The number of carbonyl (C=O) groups excluding carboxylic acids is 1. The van der Waals surface area contributed by atoms with Crippen LogP contribution in [0.3, 0.4) is 0 Å². The quantitative estimate of drug-likeness (QED) is 0.869. The molecule has 0 fully saturated rings. The number of rotatable bonds is 3. The molecule has 0 aromatic heterocycles. The van der Waals surface area contributed by atoms with Gasteiger partial charge in [-0.15, -0.1) is 0 Å². The Morgan fingerprint density at radius 1 is 1.43 bits per heavy atom. The maximum Gasteiger partial charge on any atom is 0.221 e. The first-order valence-electron chi connectivity index (χ1n) is 3.85. The van der Waals surface area contributed by atoms with Gasteiger partial charge in [0.15, 0.2) is 0 Å². The van der Waals surface area contributed by atoms with Crippen molar-refractivity contribution in [2.24, 2.45) is 5.73 Å². The summed E-state index contributed by atoms with van der Waals surface area (Å²) in [6.45, 7) is 0. The summed E-state index contributed by atoms with van der Waals surface area (Å²) in [5.41, 5.74) is 5.64. The number of ether oxygens (including phenoxy) is 1. The molecule has 0 unspecified atom stereocenters. The molecule has 3 nitrogen and oxygen atoms in total. The zero-order chi connectivity index (χ0) is 10.7. The molecule has 14 heavy (non-hydrogen) atoms. The lowest BCUT2D eigenvalue weighted by atomic mass is 10.1. The monoisotopic (exact) mass is 233 g/mol. The van der Waals surface area contributed by atoms with Crippen LogP contribution < -0.4 is 10.5 Å². The zero-order valence-corrected chi connectivity index (χ0v) is 9.02. The van der Waals surface area contributed by atoms with Gasteiger partial charge in [0.05, 0.1) is 18.6 Å². The van der Waals surface area contributed by atoms with Crippen molar-refractivity contribution in [2.75, 3.05) is 7.11 Å². The molecule has 0 radical (unpaired) electrons. The van der Waals surface area contributed by atoms with Crippen molar-refractivity contribution in [3.05, 3.63) is 27.7 Å². The molecule has 0 saturated carbocycles. The van der Waals surface area contributed by atoms with Crippen LogP contribution in [0.2, 0.25) is 10.0 Å². The summed E-state index contributed by atoms with van der Waals surface area (Å²) in [7, 11) is 1.49.